The van der Waals surface area contributed by atoms with Crippen LogP contribution in [0.25, 0.3) is 0 Å². The molecule has 1 aliphatic carbocycles. The van der Waals surface area contributed by atoms with Crippen LogP contribution in [0.3, 0.4) is 0 Å². The van der Waals surface area contributed by atoms with Crippen molar-refractivity contribution < 1.29 is 18.0 Å². The number of hydrogen-bond acceptors (Lipinski definition) is 4. The van der Waals surface area contributed by atoms with Gasteiger partial charge in [-0.25, -0.2) is 8.42 Å². The zero-order valence-electron chi connectivity index (χ0n) is 24.9. The molecule has 0 spiro atoms. The molecule has 0 saturated heterocycles. The number of hydrogen-bond donors (Lipinski definition) is 1. The lowest BCUT2D eigenvalue weighted by atomic mass is 9.95. The van der Waals surface area contributed by atoms with Crippen LogP contribution in [0.1, 0.15) is 62.1 Å². The molecule has 4 rings (SSSR count). The van der Waals surface area contributed by atoms with Gasteiger partial charge in [0.05, 0.1) is 10.6 Å². The molecule has 0 heterocycles. The highest BCUT2D eigenvalue weighted by Crippen LogP contribution is 2.28. The summed E-state index contributed by atoms with van der Waals surface area (Å²) in [5.41, 5.74) is 2.72. The van der Waals surface area contributed by atoms with E-state index in [1.807, 2.05) is 26.8 Å². The summed E-state index contributed by atoms with van der Waals surface area (Å²) in [5.74, 6) is -0.773. The Labute approximate surface area is 265 Å². The smallest absolute Gasteiger partial charge is 0.264 e. The Kier molecular flexibility index (Phi) is 11.2. The van der Waals surface area contributed by atoms with Gasteiger partial charge in [0.1, 0.15) is 12.6 Å². The monoisotopic (exact) mass is 643 g/mol. The van der Waals surface area contributed by atoms with Gasteiger partial charge in [0.15, 0.2) is 0 Å². The van der Waals surface area contributed by atoms with E-state index in [9.17, 15) is 18.0 Å². The lowest BCUT2D eigenvalue weighted by molar-refractivity contribution is -0.140. The Morgan fingerprint density at radius 2 is 1.63 bits per heavy atom. The van der Waals surface area contributed by atoms with Crippen molar-refractivity contribution in [2.75, 3.05) is 10.8 Å². The average molecular weight is 645 g/mol. The minimum Gasteiger partial charge on any atom is -0.352 e. The summed E-state index contributed by atoms with van der Waals surface area (Å²) < 4.78 is 29.2. The largest absolute Gasteiger partial charge is 0.352 e. The predicted octanol–water partition coefficient (Wildman–Crippen LogP) is 7.06. The summed E-state index contributed by atoms with van der Waals surface area (Å²) >= 11 is 12.6. The summed E-state index contributed by atoms with van der Waals surface area (Å²) in [5, 5.41) is 3.95. The van der Waals surface area contributed by atoms with E-state index in [4.69, 9.17) is 23.2 Å². The highest BCUT2D eigenvalue weighted by molar-refractivity contribution is 7.92. The van der Waals surface area contributed by atoms with E-state index >= 15 is 0 Å². The fourth-order valence-corrected chi connectivity index (χ4v) is 7.32. The van der Waals surface area contributed by atoms with Gasteiger partial charge in [-0.05, 0) is 80.6 Å². The first-order chi connectivity index (χ1) is 20.5. The molecular weight excluding hydrogens is 605 g/mol. The van der Waals surface area contributed by atoms with Gasteiger partial charge in [-0.15, -0.1) is 0 Å². The Morgan fingerprint density at radius 3 is 2.26 bits per heavy atom. The van der Waals surface area contributed by atoms with Crippen molar-refractivity contribution in [3.05, 3.63) is 93.5 Å². The molecule has 0 radical (unpaired) electrons. The zero-order valence-corrected chi connectivity index (χ0v) is 27.2. The Hall–Kier alpha value is -3.07. The third-order valence-corrected chi connectivity index (χ3v) is 10.2. The minimum atomic E-state index is -4.14. The first-order valence-electron chi connectivity index (χ1n) is 14.7. The summed E-state index contributed by atoms with van der Waals surface area (Å²) in [7, 11) is -4.14. The quantitative estimate of drug-likeness (QED) is 0.242. The maximum Gasteiger partial charge on any atom is 0.264 e. The molecule has 3 aromatic carbocycles. The van der Waals surface area contributed by atoms with Crippen molar-refractivity contribution in [1.82, 2.24) is 10.2 Å². The summed E-state index contributed by atoms with van der Waals surface area (Å²) in [6, 6.07) is 17.7. The van der Waals surface area contributed by atoms with Gasteiger partial charge in [-0.1, -0.05) is 85.3 Å². The maximum atomic E-state index is 14.3. The fraction of sp³-hybridized carbons (Fsp3) is 0.394. The van der Waals surface area contributed by atoms with E-state index in [0.29, 0.717) is 27.7 Å². The summed E-state index contributed by atoms with van der Waals surface area (Å²) in [6.45, 7) is 5.09. The number of aryl methyl sites for hydroxylation is 2. The topological polar surface area (TPSA) is 86.8 Å². The molecule has 0 bridgehead atoms. The molecule has 1 N–H and O–H groups in total. The van der Waals surface area contributed by atoms with Crippen LogP contribution in [0, 0.1) is 13.8 Å². The second-order valence-electron chi connectivity index (χ2n) is 11.2. The van der Waals surface area contributed by atoms with Crippen LogP contribution in [0.5, 0.6) is 0 Å². The number of carbonyl (C=O) groups is 2. The predicted molar refractivity (Wildman–Crippen MR) is 173 cm³/mol. The van der Waals surface area contributed by atoms with Gasteiger partial charge in [0, 0.05) is 22.6 Å². The van der Waals surface area contributed by atoms with Crippen LogP contribution in [-0.2, 0) is 26.2 Å². The number of rotatable bonds is 11. The standard InChI is InChI=1S/C33H39Cl2N3O4S/c1-4-31(33(40)36-27-10-6-5-7-11-27)37(21-25-15-16-26(34)20-30(25)35)32(39)22-38(28-12-8-9-24(3)19-28)43(41,42)29-17-13-23(2)14-18-29/h8-9,12-20,27,31H,4-7,10-11,21-22H2,1-3H3,(H,36,40)/t31-/m0/s1. The third-order valence-electron chi connectivity index (χ3n) is 7.87. The molecule has 0 aliphatic heterocycles. The first kappa shape index (κ1) is 32.8. The number of benzene rings is 3. The van der Waals surface area contributed by atoms with E-state index in [1.54, 1.807) is 48.5 Å². The lowest BCUT2D eigenvalue weighted by Crippen LogP contribution is -2.54. The van der Waals surface area contributed by atoms with Crippen molar-refractivity contribution >= 4 is 50.7 Å². The SMILES string of the molecule is CC[C@@H](C(=O)NC1CCCCC1)N(Cc1ccc(Cl)cc1Cl)C(=O)CN(c1cccc(C)c1)S(=O)(=O)c1ccc(C)cc1. The van der Waals surface area contributed by atoms with Crippen LogP contribution in [0.4, 0.5) is 5.69 Å². The van der Waals surface area contributed by atoms with E-state index < -0.39 is 28.5 Å². The normalized spacial score (nSPS) is 14.6. The van der Waals surface area contributed by atoms with Crippen molar-refractivity contribution in [2.45, 2.75) is 82.8 Å². The number of anilines is 1. The Balaban J connectivity index is 1.73. The first-order valence-corrected chi connectivity index (χ1v) is 16.9. The van der Waals surface area contributed by atoms with E-state index in [2.05, 4.69) is 5.32 Å². The van der Waals surface area contributed by atoms with E-state index in [1.165, 1.54) is 17.0 Å². The molecule has 10 heteroatoms. The van der Waals surface area contributed by atoms with Crippen molar-refractivity contribution in [3.63, 3.8) is 0 Å². The van der Waals surface area contributed by atoms with Gasteiger partial charge < -0.3 is 10.2 Å². The van der Waals surface area contributed by atoms with Crippen molar-refractivity contribution in [1.29, 1.82) is 0 Å². The van der Waals surface area contributed by atoms with Crippen LogP contribution in [0.15, 0.2) is 71.6 Å². The summed E-state index contributed by atoms with van der Waals surface area (Å²) in [6.07, 6.45) is 5.38. The molecule has 7 nitrogen and oxygen atoms in total. The molecule has 230 valence electrons. The molecule has 1 aliphatic rings. The van der Waals surface area contributed by atoms with Gasteiger partial charge in [-0.3, -0.25) is 13.9 Å². The molecule has 1 saturated carbocycles. The molecule has 0 unspecified atom stereocenters. The van der Waals surface area contributed by atoms with Crippen LogP contribution >= 0.6 is 23.2 Å². The van der Waals surface area contributed by atoms with Crippen LogP contribution in [0.2, 0.25) is 10.0 Å². The number of amides is 2. The average Bonchev–Trinajstić information content (AvgIpc) is 2.97. The number of nitrogens with one attached hydrogen (secondary N) is 1. The molecule has 1 fully saturated rings. The van der Waals surface area contributed by atoms with Gasteiger partial charge in [0.25, 0.3) is 10.0 Å². The highest BCUT2D eigenvalue weighted by Gasteiger charge is 2.34. The Bertz CT molecular complexity index is 1540. The van der Waals surface area contributed by atoms with E-state index in [0.717, 1.165) is 47.5 Å². The van der Waals surface area contributed by atoms with E-state index in [-0.39, 0.29) is 23.4 Å². The molecular formula is C33H39Cl2N3O4S. The maximum absolute atomic E-state index is 14.3. The van der Waals surface area contributed by atoms with Gasteiger partial charge in [0.2, 0.25) is 11.8 Å². The number of nitrogens with zero attached hydrogens (tertiary/aromatic N) is 2. The minimum absolute atomic E-state index is 0.0116. The van der Waals surface area contributed by atoms with Gasteiger partial charge in [-0.2, -0.15) is 0 Å². The second-order valence-corrected chi connectivity index (χ2v) is 13.9. The lowest BCUT2D eigenvalue weighted by Gasteiger charge is -2.34. The summed E-state index contributed by atoms with van der Waals surface area (Å²) in [4.78, 5) is 29.5. The fourth-order valence-electron chi connectivity index (χ4n) is 5.45. The Morgan fingerprint density at radius 1 is 0.930 bits per heavy atom. The highest BCUT2D eigenvalue weighted by atomic mass is 35.5. The molecule has 3 aromatic rings. The number of sulfonamides is 1. The van der Waals surface area contributed by atoms with Crippen molar-refractivity contribution in [3.8, 4) is 0 Å². The zero-order chi connectivity index (χ0) is 31.1. The number of halogens is 2. The van der Waals surface area contributed by atoms with Crippen LogP contribution < -0.4 is 9.62 Å². The molecule has 2 amide bonds. The van der Waals surface area contributed by atoms with Crippen molar-refractivity contribution in [2.24, 2.45) is 0 Å². The van der Waals surface area contributed by atoms with Crippen LogP contribution in [-0.4, -0.2) is 43.8 Å². The second kappa shape index (κ2) is 14.6. The number of carbonyl (C=O) groups excluding carboxylic acids is 2. The molecule has 43 heavy (non-hydrogen) atoms. The van der Waals surface area contributed by atoms with Gasteiger partial charge >= 0.3 is 0 Å². The molecule has 0 aromatic heterocycles. The third kappa shape index (κ3) is 8.31. The molecule has 1 atom stereocenters.